The van der Waals surface area contributed by atoms with Gasteiger partial charge in [0.15, 0.2) is 0 Å². The SMILES string of the molecule is C=CCC1(CC(=O)OC)CCCCC1=O. The molecule has 0 aromatic rings. The van der Waals surface area contributed by atoms with E-state index in [2.05, 4.69) is 11.3 Å². The van der Waals surface area contributed by atoms with Crippen LogP contribution in [0.4, 0.5) is 0 Å². The summed E-state index contributed by atoms with van der Waals surface area (Å²) in [7, 11) is 1.36. The van der Waals surface area contributed by atoms with E-state index >= 15 is 0 Å². The average molecular weight is 210 g/mol. The second-order valence-corrected chi connectivity index (χ2v) is 4.16. The van der Waals surface area contributed by atoms with Crippen molar-refractivity contribution in [3.63, 3.8) is 0 Å². The highest BCUT2D eigenvalue weighted by Gasteiger charge is 2.40. The number of hydrogen-bond acceptors (Lipinski definition) is 3. The maximum Gasteiger partial charge on any atom is 0.306 e. The number of allylic oxidation sites excluding steroid dienone is 1. The van der Waals surface area contributed by atoms with Gasteiger partial charge in [-0.05, 0) is 19.3 Å². The fourth-order valence-corrected chi connectivity index (χ4v) is 2.25. The third kappa shape index (κ3) is 2.67. The number of Topliss-reactive ketones (excluding diaryl/α,β-unsaturated/α-hetero) is 1. The lowest BCUT2D eigenvalue weighted by molar-refractivity contribution is -0.148. The summed E-state index contributed by atoms with van der Waals surface area (Å²) < 4.78 is 4.65. The summed E-state index contributed by atoms with van der Waals surface area (Å²) in [5, 5.41) is 0. The Morgan fingerprint density at radius 2 is 2.33 bits per heavy atom. The number of rotatable bonds is 4. The van der Waals surface area contributed by atoms with Gasteiger partial charge in [-0.1, -0.05) is 12.5 Å². The molecule has 1 rings (SSSR count). The normalized spacial score (nSPS) is 26.1. The van der Waals surface area contributed by atoms with Gasteiger partial charge in [0.05, 0.1) is 13.5 Å². The Balaban J connectivity index is 2.79. The third-order valence-corrected chi connectivity index (χ3v) is 3.15. The Morgan fingerprint density at radius 3 is 2.87 bits per heavy atom. The van der Waals surface area contributed by atoms with Crippen molar-refractivity contribution in [1.29, 1.82) is 0 Å². The standard InChI is InChI=1S/C12H18O3/c1-3-7-12(9-11(14)15-2)8-5-4-6-10(12)13/h3H,1,4-9H2,2H3. The molecule has 0 radical (unpaired) electrons. The molecular weight excluding hydrogens is 192 g/mol. The molecule has 0 saturated heterocycles. The zero-order chi connectivity index (χ0) is 11.3. The topological polar surface area (TPSA) is 43.4 Å². The molecule has 1 fully saturated rings. The van der Waals surface area contributed by atoms with Gasteiger partial charge in [0.2, 0.25) is 0 Å². The molecule has 84 valence electrons. The highest BCUT2D eigenvalue weighted by Crippen LogP contribution is 2.40. The van der Waals surface area contributed by atoms with Crippen molar-refractivity contribution in [2.45, 2.75) is 38.5 Å². The van der Waals surface area contributed by atoms with E-state index in [4.69, 9.17) is 0 Å². The number of esters is 1. The summed E-state index contributed by atoms with van der Waals surface area (Å²) in [6.45, 7) is 3.66. The van der Waals surface area contributed by atoms with Crippen molar-refractivity contribution in [2.24, 2.45) is 5.41 Å². The Bertz CT molecular complexity index is 270. The molecule has 0 spiro atoms. The molecule has 0 aromatic heterocycles. The molecule has 3 nitrogen and oxygen atoms in total. The number of methoxy groups -OCH3 is 1. The molecule has 0 heterocycles. The van der Waals surface area contributed by atoms with Gasteiger partial charge in [-0.25, -0.2) is 0 Å². The molecule has 1 unspecified atom stereocenters. The van der Waals surface area contributed by atoms with Gasteiger partial charge in [-0.3, -0.25) is 9.59 Å². The maximum atomic E-state index is 11.9. The summed E-state index contributed by atoms with van der Waals surface area (Å²) in [5.41, 5.74) is -0.521. The van der Waals surface area contributed by atoms with Crippen LogP contribution in [0.25, 0.3) is 0 Å². The molecule has 1 saturated carbocycles. The Morgan fingerprint density at radius 1 is 1.60 bits per heavy atom. The van der Waals surface area contributed by atoms with E-state index in [1.54, 1.807) is 6.08 Å². The molecular formula is C12H18O3. The van der Waals surface area contributed by atoms with Crippen LogP contribution < -0.4 is 0 Å². The van der Waals surface area contributed by atoms with E-state index < -0.39 is 5.41 Å². The number of carbonyl (C=O) groups is 2. The van der Waals surface area contributed by atoms with Gasteiger partial charge in [0, 0.05) is 11.8 Å². The van der Waals surface area contributed by atoms with Gasteiger partial charge >= 0.3 is 5.97 Å². The van der Waals surface area contributed by atoms with Crippen LogP contribution in [-0.2, 0) is 14.3 Å². The maximum absolute atomic E-state index is 11.9. The number of hydrogen-bond donors (Lipinski definition) is 0. The molecule has 0 bridgehead atoms. The number of ether oxygens (including phenoxy) is 1. The third-order valence-electron chi connectivity index (χ3n) is 3.15. The van der Waals surface area contributed by atoms with Crippen molar-refractivity contribution in [1.82, 2.24) is 0 Å². The zero-order valence-corrected chi connectivity index (χ0v) is 9.25. The van der Waals surface area contributed by atoms with Crippen LogP contribution in [-0.4, -0.2) is 18.9 Å². The minimum absolute atomic E-state index is 0.194. The van der Waals surface area contributed by atoms with E-state index in [-0.39, 0.29) is 18.2 Å². The molecule has 0 aliphatic heterocycles. The first-order valence-corrected chi connectivity index (χ1v) is 5.35. The first-order chi connectivity index (χ1) is 7.14. The molecule has 0 aromatic carbocycles. The van der Waals surface area contributed by atoms with Crippen molar-refractivity contribution in [3.05, 3.63) is 12.7 Å². The summed E-state index contributed by atoms with van der Waals surface area (Å²) in [6, 6.07) is 0. The smallest absolute Gasteiger partial charge is 0.306 e. The highest BCUT2D eigenvalue weighted by atomic mass is 16.5. The second-order valence-electron chi connectivity index (χ2n) is 4.16. The van der Waals surface area contributed by atoms with Crippen LogP contribution in [0, 0.1) is 5.41 Å². The Hall–Kier alpha value is -1.12. The van der Waals surface area contributed by atoms with Gasteiger partial charge < -0.3 is 4.74 Å². The molecule has 1 aliphatic carbocycles. The average Bonchev–Trinajstić information content (AvgIpc) is 2.23. The van der Waals surface area contributed by atoms with Crippen molar-refractivity contribution < 1.29 is 14.3 Å². The van der Waals surface area contributed by atoms with Gasteiger partial charge in [-0.15, -0.1) is 6.58 Å². The lowest BCUT2D eigenvalue weighted by atomic mass is 9.69. The molecule has 15 heavy (non-hydrogen) atoms. The van der Waals surface area contributed by atoms with E-state index in [9.17, 15) is 9.59 Å². The summed E-state index contributed by atoms with van der Waals surface area (Å²) in [5.74, 6) is -0.105. The quantitative estimate of drug-likeness (QED) is 0.528. The first kappa shape index (κ1) is 12.0. The molecule has 0 amide bonds. The molecule has 3 heteroatoms. The van der Waals surface area contributed by atoms with Crippen molar-refractivity contribution in [3.8, 4) is 0 Å². The lowest BCUT2D eigenvalue weighted by Gasteiger charge is -2.33. The summed E-state index contributed by atoms with van der Waals surface area (Å²) in [6.07, 6.45) is 5.84. The molecule has 0 N–H and O–H groups in total. The minimum atomic E-state index is -0.521. The van der Waals surface area contributed by atoms with E-state index in [1.165, 1.54) is 7.11 Å². The van der Waals surface area contributed by atoms with Gasteiger partial charge in [0.1, 0.15) is 5.78 Å². The fraction of sp³-hybridized carbons (Fsp3) is 0.667. The minimum Gasteiger partial charge on any atom is -0.469 e. The van der Waals surface area contributed by atoms with Crippen LogP contribution in [0.1, 0.15) is 38.5 Å². The van der Waals surface area contributed by atoms with Crippen LogP contribution in [0.5, 0.6) is 0 Å². The lowest BCUT2D eigenvalue weighted by Crippen LogP contribution is -2.36. The van der Waals surface area contributed by atoms with E-state index in [0.29, 0.717) is 12.8 Å². The fourth-order valence-electron chi connectivity index (χ4n) is 2.25. The van der Waals surface area contributed by atoms with Gasteiger partial charge in [0.25, 0.3) is 0 Å². The van der Waals surface area contributed by atoms with Crippen LogP contribution in [0.3, 0.4) is 0 Å². The molecule has 1 atom stereocenters. The predicted octanol–water partition coefficient (Wildman–Crippen LogP) is 2.26. The number of ketones is 1. The van der Waals surface area contributed by atoms with Crippen molar-refractivity contribution in [2.75, 3.05) is 7.11 Å². The largest absolute Gasteiger partial charge is 0.469 e. The van der Waals surface area contributed by atoms with Gasteiger partial charge in [-0.2, -0.15) is 0 Å². The van der Waals surface area contributed by atoms with Crippen LogP contribution >= 0.6 is 0 Å². The zero-order valence-electron chi connectivity index (χ0n) is 9.25. The summed E-state index contributed by atoms with van der Waals surface area (Å²) >= 11 is 0. The second kappa shape index (κ2) is 5.10. The Labute approximate surface area is 90.5 Å². The predicted molar refractivity (Wildman–Crippen MR) is 57.4 cm³/mol. The monoisotopic (exact) mass is 210 g/mol. The first-order valence-electron chi connectivity index (χ1n) is 5.35. The van der Waals surface area contributed by atoms with Crippen molar-refractivity contribution >= 4 is 11.8 Å². The van der Waals surface area contributed by atoms with Crippen LogP contribution in [0.15, 0.2) is 12.7 Å². The van der Waals surface area contributed by atoms with Crippen LogP contribution in [0.2, 0.25) is 0 Å². The Kier molecular flexibility index (Phi) is 4.06. The van der Waals surface area contributed by atoms with E-state index in [1.807, 2.05) is 0 Å². The van der Waals surface area contributed by atoms with E-state index in [0.717, 1.165) is 19.3 Å². The summed E-state index contributed by atoms with van der Waals surface area (Å²) in [4.78, 5) is 23.2. The highest BCUT2D eigenvalue weighted by molar-refractivity contribution is 5.89. The number of carbonyl (C=O) groups excluding carboxylic acids is 2. The molecule has 1 aliphatic rings.